The van der Waals surface area contributed by atoms with Gasteiger partial charge in [0.15, 0.2) is 5.82 Å². The Kier molecular flexibility index (Phi) is 5.79. The van der Waals surface area contributed by atoms with E-state index in [1.807, 2.05) is 79.2 Å². The number of nitrogens with zero attached hydrogens (tertiary/aromatic N) is 3. The molecule has 0 fully saturated rings. The molecule has 1 atom stereocenters. The normalized spacial score (nSPS) is 17.2. The Morgan fingerprint density at radius 1 is 0.970 bits per heavy atom. The molecular weight excluding hydrogens is 494 g/mol. The highest BCUT2D eigenvalue weighted by Crippen LogP contribution is 2.53. The van der Waals surface area contributed by atoms with Crippen LogP contribution in [0.3, 0.4) is 0 Å². The lowest BCUT2D eigenvalue weighted by atomic mass is 10.2. The number of anilines is 1. The highest BCUT2D eigenvalue weighted by atomic mass is 35.5. The molecule has 33 heavy (non-hydrogen) atoms. The van der Waals surface area contributed by atoms with Crippen LogP contribution in [0.1, 0.15) is 16.8 Å². The number of aromatic nitrogens is 2. The van der Waals surface area contributed by atoms with Gasteiger partial charge in [-0.05, 0) is 79.7 Å². The van der Waals surface area contributed by atoms with Gasteiger partial charge in [0.1, 0.15) is 5.30 Å². The van der Waals surface area contributed by atoms with E-state index in [9.17, 15) is 0 Å². The second kappa shape index (κ2) is 8.62. The summed E-state index contributed by atoms with van der Waals surface area (Å²) in [5.74, 6) is 1.08. The Morgan fingerprint density at radius 2 is 1.70 bits per heavy atom. The van der Waals surface area contributed by atoms with E-state index in [-0.39, 0.29) is 0 Å². The van der Waals surface area contributed by atoms with E-state index >= 15 is 0 Å². The molecule has 1 aromatic heterocycles. The third-order valence-corrected chi connectivity index (χ3v) is 9.06. The molecule has 3 aromatic carbocycles. The lowest BCUT2D eigenvalue weighted by molar-refractivity contribution is 0.618. The van der Waals surface area contributed by atoms with Crippen molar-refractivity contribution >= 4 is 64.1 Å². The van der Waals surface area contributed by atoms with E-state index in [4.69, 9.17) is 49.6 Å². The van der Waals surface area contributed by atoms with Crippen molar-refractivity contribution in [1.82, 2.24) is 9.78 Å². The first-order valence-electron chi connectivity index (χ1n) is 10.2. The van der Waals surface area contributed by atoms with E-state index in [0.717, 1.165) is 33.5 Å². The van der Waals surface area contributed by atoms with Gasteiger partial charge in [0, 0.05) is 21.3 Å². The summed E-state index contributed by atoms with van der Waals surface area (Å²) in [7, 11) is 0. The van der Waals surface area contributed by atoms with Gasteiger partial charge in [0.05, 0.1) is 11.4 Å². The van der Waals surface area contributed by atoms with Crippen molar-refractivity contribution < 1.29 is 4.52 Å². The number of benzene rings is 3. The SMILES string of the molecule is Cc1ccc(NP2(=S)OC(c3ccc(Cl)cc3)=Nc3c2c(C)nn3-c2ccccc2)cc1Cl. The van der Waals surface area contributed by atoms with Crippen LogP contribution in [-0.2, 0) is 16.3 Å². The highest BCUT2D eigenvalue weighted by molar-refractivity contribution is 8.16. The average molecular weight is 513 g/mol. The highest BCUT2D eigenvalue weighted by Gasteiger charge is 2.37. The largest absolute Gasteiger partial charge is 0.426 e. The standard InChI is InChI=1S/C24H19Cl2N4OPS/c1-15-8-13-19(14-21(15)26)29-32(33)22-16(2)28-30(20-6-4-3-5-7-20)23(22)27-24(31-32)17-9-11-18(25)12-10-17/h3-14H,1-2H3,(H,29,33). The molecule has 166 valence electrons. The van der Waals surface area contributed by atoms with Gasteiger partial charge in [-0.15, -0.1) is 0 Å². The summed E-state index contributed by atoms with van der Waals surface area (Å²) >= 11 is 18.7. The first kappa shape index (κ1) is 22.2. The van der Waals surface area contributed by atoms with Crippen LogP contribution >= 0.6 is 29.6 Å². The zero-order valence-electron chi connectivity index (χ0n) is 17.8. The summed E-state index contributed by atoms with van der Waals surface area (Å²) in [6.45, 7) is 3.88. The van der Waals surface area contributed by atoms with Crippen LogP contribution in [0, 0.1) is 13.8 Å². The Balaban J connectivity index is 1.69. The molecule has 0 aliphatic carbocycles. The van der Waals surface area contributed by atoms with Crippen LogP contribution < -0.4 is 10.4 Å². The fourth-order valence-electron chi connectivity index (χ4n) is 3.61. The summed E-state index contributed by atoms with van der Waals surface area (Å²) < 4.78 is 8.27. The van der Waals surface area contributed by atoms with E-state index in [2.05, 4.69) is 5.09 Å². The molecule has 5 nitrogen and oxygen atoms in total. The number of hydrogen-bond acceptors (Lipinski definition) is 4. The van der Waals surface area contributed by atoms with Crippen molar-refractivity contribution in [2.24, 2.45) is 4.99 Å². The molecule has 9 heteroatoms. The van der Waals surface area contributed by atoms with Crippen LogP contribution in [-0.4, -0.2) is 15.7 Å². The number of para-hydroxylation sites is 1. The van der Waals surface area contributed by atoms with Crippen LogP contribution in [0.25, 0.3) is 5.69 Å². The number of hydrogen-bond donors (Lipinski definition) is 1. The fourth-order valence-corrected chi connectivity index (χ4v) is 7.08. The van der Waals surface area contributed by atoms with Gasteiger partial charge in [-0.1, -0.05) is 47.5 Å². The Labute approximate surface area is 207 Å². The molecule has 0 bridgehead atoms. The molecule has 1 unspecified atom stereocenters. The van der Waals surface area contributed by atoms with Gasteiger partial charge in [0.25, 0.3) is 0 Å². The van der Waals surface area contributed by atoms with Crippen molar-refractivity contribution in [1.29, 1.82) is 0 Å². The second-order valence-electron chi connectivity index (χ2n) is 7.65. The van der Waals surface area contributed by atoms with Gasteiger partial charge in [-0.25, -0.2) is 4.68 Å². The average Bonchev–Trinajstić information content (AvgIpc) is 3.14. The summed E-state index contributed by atoms with van der Waals surface area (Å²) in [5, 5.41) is 10.3. The molecule has 0 radical (unpaired) electrons. The lowest BCUT2D eigenvalue weighted by Crippen LogP contribution is -2.23. The molecule has 0 spiro atoms. The summed E-state index contributed by atoms with van der Waals surface area (Å²) in [6, 6.07) is 22.9. The Hall–Kier alpha value is -2.63. The van der Waals surface area contributed by atoms with E-state index < -0.39 is 6.42 Å². The minimum absolute atomic E-state index is 0.422. The monoisotopic (exact) mass is 512 g/mol. The lowest BCUT2D eigenvalue weighted by Gasteiger charge is -2.29. The van der Waals surface area contributed by atoms with E-state index in [1.165, 1.54) is 0 Å². The molecule has 1 aliphatic heterocycles. The molecule has 0 saturated heterocycles. The van der Waals surface area contributed by atoms with Crippen LogP contribution in [0.2, 0.25) is 10.0 Å². The summed E-state index contributed by atoms with van der Waals surface area (Å²) in [5.41, 5.74) is 4.20. The molecule has 1 aliphatic rings. The van der Waals surface area contributed by atoms with Gasteiger partial charge >= 0.3 is 0 Å². The molecule has 2 heterocycles. The van der Waals surface area contributed by atoms with Crippen molar-refractivity contribution in [3.05, 3.63) is 99.7 Å². The maximum atomic E-state index is 6.46. The maximum absolute atomic E-state index is 6.46. The smallest absolute Gasteiger partial charge is 0.239 e. The molecule has 0 saturated carbocycles. The topological polar surface area (TPSA) is 51.4 Å². The Morgan fingerprint density at radius 3 is 2.39 bits per heavy atom. The molecule has 5 rings (SSSR count). The van der Waals surface area contributed by atoms with E-state index in [1.54, 1.807) is 12.1 Å². The first-order chi connectivity index (χ1) is 15.8. The van der Waals surface area contributed by atoms with Crippen LogP contribution in [0.4, 0.5) is 11.5 Å². The number of halogens is 2. The van der Waals surface area contributed by atoms with Crippen molar-refractivity contribution in [2.75, 3.05) is 5.09 Å². The number of nitrogens with one attached hydrogen (secondary N) is 1. The van der Waals surface area contributed by atoms with Crippen LogP contribution in [0.5, 0.6) is 0 Å². The molecular formula is C24H19Cl2N4OPS. The van der Waals surface area contributed by atoms with Crippen molar-refractivity contribution in [3.63, 3.8) is 0 Å². The third kappa shape index (κ3) is 4.20. The number of rotatable bonds is 4. The van der Waals surface area contributed by atoms with Gasteiger partial charge in [0.2, 0.25) is 12.3 Å². The van der Waals surface area contributed by atoms with Gasteiger partial charge in [-0.3, -0.25) is 0 Å². The zero-order valence-corrected chi connectivity index (χ0v) is 21.0. The van der Waals surface area contributed by atoms with Crippen molar-refractivity contribution in [3.8, 4) is 5.69 Å². The zero-order chi connectivity index (χ0) is 23.2. The summed E-state index contributed by atoms with van der Waals surface area (Å²) in [4.78, 5) is 4.86. The minimum atomic E-state index is -2.85. The summed E-state index contributed by atoms with van der Waals surface area (Å²) in [6.07, 6.45) is -2.85. The Bertz CT molecular complexity index is 1440. The number of aliphatic imine (C=N–C) groups is 1. The second-order valence-corrected chi connectivity index (χ2v) is 12.0. The molecule has 4 aromatic rings. The van der Waals surface area contributed by atoms with Crippen molar-refractivity contribution in [2.45, 2.75) is 13.8 Å². The van der Waals surface area contributed by atoms with Gasteiger partial charge < -0.3 is 9.61 Å². The predicted octanol–water partition coefficient (Wildman–Crippen LogP) is 6.95. The molecule has 0 amide bonds. The molecule has 1 N–H and O–H groups in total. The quantitative estimate of drug-likeness (QED) is 0.300. The van der Waals surface area contributed by atoms with E-state index in [0.29, 0.717) is 21.8 Å². The first-order valence-corrected chi connectivity index (χ1v) is 13.7. The maximum Gasteiger partial charge on any atom is 0.239 e. The fraction of sp³-hybridized carbons (Fsp3) is 0.0833. The minimum Gasteiger partial charge on any atom is -0.426 e. The van der Waals surface area contributed by atoms with Crippen LogP contribution in [0.15, 0.2) is 77.8 Å². The third-order valence-electron chi connectivity index (χ3n) is 5.26. The van der Waals surface area contributed by atoms with Gasteiger partial charge in [-0.2, -0.15) is 10.1 Å². The number of aryl methyl sites for hydroxylation is 2. The predicted molar refractivity (Wildman–Crippen MR) is 141 cm³/mol. The number of fused-ring (bicyclic) bond motifs is 1.